The highest BCUT2D eigenvalue weighted by Crippen LogP contribution is 2.42. The van der Waals surface area contributed by atoms with E-state index in [0.29, 0.717) is 39.1 Å². The standard InChI is InChI=1S/C26H21N5O3/c1-30-24-18(11-7-15-29-24)21(17-10-3-4-13-20(17)34-2)23(25(30)32)31(26(27)33)19-12-5-8-16-9-6-14-28-22(16)19/h3-15H,1-2H3,(H2,27,33). The van der Waals surface area contributed by atoms with Crippen molar-refractivity contribution in [2.24, 2.45) is 12.8 Å². The summed E-state index contributed by atoms with van der Waals surface area (Å²) in [6.45, 7) is 0. The van der Waals surface area contributed by atoms with Crippen molar-refractivity contribution in [3.8, 4) is 16.9 Å². The van der Waals surface area contributed by atoms with Crippen LogP contribution in [0.2, 0.25) is 0 Å². The van der Waals surface area contributed by atoms with Crippen LogP contribution in [0.3, 0.4) is 0 Å². The van der Waals surface area contributed by atoms with Gasteiger partial charge in [-0.05, 0) is 30.3 Å². The third kappa shape index (κ3) is 3.24. The summed E-state index contributed by atoms with van der Waals surface area (Å²) in [4.78, 5) is 37.0. The molecule has 3 aromatic heterocycles. The Bertz CT molecular complexity index is 1620. The number of carbonyl (C=O) groups excluding carboxylic acids is 1. The average Bonchev–Trinajstić information content (AvgIpc) is 2.87. The third-order valence-electron chi connectivity index (χ3n) is 5.79. The van der Waals surface area contributed by atoms with Gasteiger partial charge >= 0.3 is 6.03 Å². The molecule has 0 unspecified atom stereocenters. The maximum absolute atomic E-state index is 13.8. The topological polar surface area (TPSA) is 103 Å². The number of carbonyl (C=O) groups is 1. The fraction of sp³-hybridized carbons (Fsp3) is 0.0769. The molecule has 2 N–H and O–H groups in total. The van der Waals surface area contributed by atoms with Crippen LogP contribution in [0.25, 0.3) is 33.1 Å². The predicted octanol–water partition coefficient (Wildman–Crippen LogP) is 4.37. The first-order valence-corrected chi connectivity index (χ1v) is 10.6. The molecule has 34 heavy (non-hydrogen) atoms. The van der Waals surface area contributed by atoms with Gasteiger partial charge in [0.2, 0.25) is 0 Å². The molecule has 0 spiro atoms. The molecule has 0 fully saturated rings. The summed E-state index contributed by atoms with van der Waals surface area (Å²) in [5, 5.41) is 1.48. The lowest BCUT2D eigenvalue weighted by molar-refractivity contribution is 0.256. The lowest BCUT2D eigenvalue weighted by atomic mass is 9.98. The molecule has 0 radical (unpaired) electrons. The van der Waals surface area contributed by atoms with Gasteiger partial charge in [-0.1, -0.05) is 36.4 Å². The van der Waals surface area contributed by atoms with Crippen molar-refractivity contribution in [1.29, 1.82) is 0 Å². The number of urea groups is 1. The zero-order chi connectivity index (χ0) is 23.8. The number of hydrogen-bond acceptors (Lipinski definition) is 5. The molecule has 0 aliphatic heterocycles. The third-order valence-corrected chi connectivity index (χ3v) is 5.79. The van der Waals surface area contributed by atoms with Crippen molar-refractivity contribution >= 4 is 39.3 Å². The van der Waals surface area contributed by atoms with Crippen LogP contribution in [0, 0.1) is 0 Å². The van der Waals surface area contributed by atoms with Crippen LogP contribution >= 0.6 is 0 Å². The highest BCUT2D eigenvalue weighted by Gasteiger charge is 2.29. The Morgan fingerprint density at radius 1 is 0.971 bits per heavy atom. The van der Waals surface area contributed by atoms with E-state index in [1.54, 1.807) is 50.8 Å². The van der Waals surface area contributed by atoms with Gasteiger partial charge in [0.25, 0.3) is 5.56 Å². The van der Waals surface area contributed by atoms with Gasteiger partial charge in [-0.25, -0.2) is 9.78 Å². The summed E-state index contributed by atoms with van der Waals surface area (Å²) in [5.41, 5.74) is 8.15. The first-order chi connectivity index (χ1) is 16.5. The maximum atomic E-state index is 13.8. The van der Waals surface area contributed by atoms with Crippen LogP contribution in [0.4, 0.5) is 16.2 Å². The number of anilines is 2. The fourth-order valence-corrected chi connectivity index (χ4v) is 4.30. The first kappa shape index (κ1) is 21.1. The molecule has 5 rings (SSSR count). The Hall–Kier alpha value is -4.72. The molecular weight excluding hydrogens is 430 g/mol. The number of methoxy groups -OCH3 is 1. The number of amides is 2. The van der Waals surface area contributed by atoms with Gasteiger partial charge in [-0.3, -0.25) is 19.2 Å². The smallest absolute Gasteiger partial charge is 0.324 e. The Balaban J connectivity index is 1.97. The van der Waals surface area contributed by atoms with Gasteiger partial charge in [0, 0.05) is 41.3 Å². The second-order valence-corrected chi connectivity index (χ2v) is 7.69. The second-order valence-electron chi connectivity index (χ2n) is 7.69. The molecule has 3 heterocycles. The molecule has 0 aliphatic carbocycles. The largest absolute Gasteiger partial charge is 0.496 e. The van der Waals surface area contributed by atoms with Crippen LogP contribution in [-0.4, -0.2) is 27.7 Å². The minimum Gasteiger partial charge on any atom is -0.496 e. The molecule has 0 saturated carbocycles. The highest BCUT2D eigenvalue weighted by molar-refractivity contribution is 6.12. The molecule has 0 bridgehead atoms. The highest BCUT2D eigenvalue weighted by atomic mass is 16.5. The minimum atomic E-state index is -0.811. The summed E-state index contributed by atoms with van der Waals surface area (Å²) in [7, 11) is 3.17. The first-order valence-electron chi connectivity index (χ1n) is 10.6. The molecule has 5 aromatic rings. The Morgan fingerprint density at radius 2 is 1.71 bits per heavy atom. The zero-order valence-corrected chi connectivity index (χ0v) is 18.6. The van der Waals surface area contributed by atoms with Gasteiger partial charge in [0.05, 0.1) is 18.3 Å². The number of nitrogens with zero attached hydrogens (tertiary/aromatic N) is 4. The van der Waals surface area contributed by atoms with Crippen molar-refractivity contribution in [3.63, 3.8) is 0 Å². The quantitative estimate of drug-likeness (QED) is 0.437. The number of aromatic nitrogens is 3. The molecule has 0 atom stereocenters. The van der Waals surface area contributed by atoms with Crippen LogP contribution in [0.5, 0.6) is 5.75 Å². The van der Waals surface area contributed by atoms with Crippen LogP contribution < -0.4 is 20.9 Å². The number of primary amides is 1. The van der Waals surface area contributed by atoms with Crippen molar-refractivity contribution < 1.29 is 9.53 Å². The van der Waals surface area contributed by atoms with Crippen LogP contribution in [-0.2, 0) is 7.05 Å². The number of fused-ring (bicyclic) bond motifs is 2. The zero-order valence-electron chi connectivity index (χ0n) is 18.6. The molecule has 0 aliphatic rings. The van der Waals surface area contributed by atoms with Gasteiger partial charge in [0.15, 0.2) is 0 Å². The maximum Gasteiger partial charge on any atom is 0.324 e. The minimum absolute atomic E-state index is 0.0955. The van der Waals surface area contributed by atoms with E-state index in [-0.39, 0.29) is 5.69 Å². The second kappa shape index (κ2) is 8.32. The van der Waals surface area contributed by atoms with Gasteiger partial charge in [-0.2, -0.15) is 0 Å². The number of hydrogen-bond donors (Lipinski definition) is 1. The van der Waals surface area contributed by atoms with E-state index >= 15 is 0 Å². The summed E-state index contributed by atoms with van der Waals surface area (Å²) in [5.74, 6) is 0.544. The summed E-state index contributed by atoms with van der Waals surface area (Å²) < 4.78 is 7.03. The monoisotopic (exact) mass is 451 g/mol. The van der Waals surface area contributed by atoms with E-state index in [1.807, 2.05) is 42.5 Å². The van der Waals surface area contributed by atoms with E-state index in [4.69, 9.17) is 10.5 Å². The molecule has 0 saturated heterocycles. The van der Waals surface area contributed by atoms with Crippen LogP contribution in [0.15, 0.2) is 83.9 Å². The SMILES string of the molecule is COc1ccccc1-c1c(N(C(N)=O)c2cccc3cccnc23)c(=O)n(C)c2ncccc12. The average molecular weight is 451 g/mol. The Kier molecular flexibility index (Phi) is 5.18. The normalized spacial score (nSPS) is 11.0. The Morgan fingerprint density at radius 3 is 2.50 bits per heavy atom. The van der Waals surface area contributed by atoms with E-state index in [1.165, 1.54) is 9.47 Å². The number of aryl methyl sites for hydroxylation is 1. The van der Waals surface area contributed by atoms with Crippen molar-refractivity contribution in [3.05, 3.63) is 89.5 Å². The van der Waals surface area contributed by atoms with Gasteiger partial charge in [-0.15, -0.1) is 0 Å². The van der Waals surface area contributed by atoms with E-state index in [9.17, 15) is 9.59 Å². The molecule has 2 amide bonds. The predicted molar refractivity (Wildman–Crippen MR) is 132 cm³/mol. The number of ether oxygens (including phenoxy) is 1. The molecule has 168 valence electrons. The summed E-state index contributed by atoms with van der Waals surface area (Å²) >= 11 is 0. The van der Waals surface area contributed by atoms with Crippen molar-refractivity contribution in [1.82, 2.24) is 14.5 Å². The molecule has 2 aromatic carbocycles. The number of rotatable bonds is 4. The molecular formula is C26H21N5O3. The van der Waals surface area contributed by atoms with E-state index in [2.05, 4.69) is 9.97 Å². The number of pyridine rings is 3. The summed E-state index contributed by atoms with van der Waals surface area (Å²) in [6, 6.07) is 19.2. The fourth-order valence-electron chi connectivity index (χ4n) is 4.30. The number of nitrogens with two attached hydrogens (primary N) is 1. The molecule has 8 heteroatoms. The van der Waals surface area contributed by atoms with Crippen LogP contribution in [0.1, 0.15) is 0 Å². The van der Waals surface area contributed by atoms with E-state index in [0.717, 1.165) is 5.39 Å². The molecule has 8 nitrogen and oxygen atoms in total. The number of para-hydroxylation sites is 2. The lowest BCUT2D eigenvalue weighted by Crippen LogP contribution is -2.37. The lowest BCUT2D eigenvalue weighted by Gasteiger charge is -2.26. The van der Waals surface area contributed by atoms with E-state index < -0.39 is 11.6 Å². The van der Waals surface area contributed by atoms with Crippen molar-refractivity contribution in [2.75, 3.05) is 12.0 Å². The van der Waals surface area contributed by atoms with Gasteiger partial charge in [0.1, 0.15) is 17.1 Å². The van der Waals surface area contributed by atoms with Crippen molar-refractivity contribution in [2.45, 2.75) is 0 Å². The van der Waals surface area contributed by atoms with Gasteiger partial charge < -0.3 is 10.5 Å². The Labute approximate surface area is 194 Å². The number of benzene rings is 2. The summed E-state index contributed by atoms with van der Waals surface area (Å²) in [6.07, 6.45) is 3.25.